The number of likely N-dealkylation sites (N-methyl/N-ethyl adjacent to an activating group) is 1. The van der Waals surface area contributed by atoms with Crippen molar-refractivity contribution in [3.05, 3.63) is 27.8 Å². The fourth-order valence-electron chi connectivity index (χ4n) is 3.06. The first-order chi connectivity index (χ1) is 9.85. The molecule has 1 aromatic rings. The van der Waals surface area contributed by atoms with E-state index in [2.05, 4.69) is 16.8 Å². The Morgan fingerprint density at radius 3 is 2.52 bits per heavy atom. The minimum Gasteiger partial charge on any atom is -0.485 e. The largest absolute Gasteiger partial charge is 0.485 e. The molecule has 0 radical (unpaired) electrons. The first kappa shape index (κ1) is 14.1. The van der Waals surface area contributed by atoms with Crippen LogP contribution in [0.25, 0.3) is 0 Å². The van der Waals surface area contributed by atoms with Gasteiger partial charge in [0.2, 0.25) is 0 Å². The molecule has 1 saturated heterocycles. The van der Waals surface area contributed by atoms with Gasteiger partial charge in [-0.1, -0.05) is 0 Å². The molecule has 21 heavy (non-hydrogen) atoms. The molecule has 1 aromatic carbocycles. The van der Waals surface area contributed by atoms with E-state index in [1.165, 1.54) is 0 Å². The van der Waals surface area contributed by atoms with Gasteiger partial charge in [-0.25, -0.2) is 0 Å². The number of rotatable bonds is 2. The lowest BCUT2D eigenvalue weighted by atomic mass is 10.0. The highest BCUT2D eigenvalue weighted by Crippen LogP contribution is 2.44. The number of hydrogen-bond donors (Lipinski definition) is 0. The van der Waals surface area contributed by atoms with Crippen LogP contribution in [-0.2, 0) is 6.42 Å². The number of ether oxygens (including phenoxy) is 1. The number of hydrogen-bond acceptors (Lipinski definition) is 5. The zero-order valence-corrected chi connectivity index (χ0v) is 12.8. The minimum absolute atomic E-state index is 0.156. The van der Waals surface area contributed by atoms with Crippen LogP contribution in [0.3, 0.4) is 0 Å². The van der Waals surface area contributed by atoms with Gasteiger partial charge in [0.1, 0.15) is 11.4 Å². The van der Waals surface area contributed by atoms with Crippen LogP contribution in [0.1, 0.15) is 19.4 Å². The standard InChI is InChI=1S/C15H21N3O3/c1-15(2)10-11-8-12(18(19)20)9-13(14(11)21-15)17-6-4-16(3)5-7-17/h8-9H,4-7,10H2,1-3H3. The minimum atomic E-state index is -0.314. The molecule has 0 atom stereocenters. The van der Waals surface area contributed by atoms with Crippen molar-refractivity contribution in [1.82, 2.24) is 4.90 Å². The Hall–Kier alpha value is -1.82. The molecule has 0 aromatic heterocycles. The molecule has 2 aliphatic rings. The molecule has 0 aliphatic carbocycles. The summed E-state index contributed by atoms with van der Waals surface area (Å²) in [6.45, 7) is 7.70. The first-order valence-corrected chi connectivity index (χ1v) is 7.29. The van der Waals surface area contributed by atoms with E-state index in [-0.39, 0.29) is 16.2 Å². The van der Waals surface area contributed by atoms with E-state index in [0.717, 1.165) is 43.2 Å². The van der Waals surface area contributed by atoms with Crippen LogP contribution in [0.15, 0.2) is 12.1 Å². The van der Waals surface area contributed by atoms with E-state index in [0.29, 0.717) is 6.42 Å². The number of nitrogens with zero attached hydrogens (tertiary/aromatic N) is 3. The van der Waals surface area contributed by atoms with Crippen molar-refractivity contribution in [2.75, 3.05) is 38.1 Å². The average Bonchev–Trinajstić information content (AvgIpc) is 2.72. The molecule has 114 valence electrons. The molecule has 0 bridgehead atoms. The molecule has 2 heterocycles. The number of non-ortho nitro benzene ring substituents is 1. The van der Waals surface area contributed by atoms with E-state index in [1.54, 1.807) is 12.1 Å². The Labute approximate surface area is 124 Å². The fourth-order valence-corrected chi connectivity index (χ4v) is 3.06. The maximum atomic E-state index is 11.2. The van der Waals surface area contributed by atoms with Gasteiger partial charge >= 0.3 is 0 Å². The number of benzene rings is 1. The molecule has 2 aliphatic heterocycles. The number of piperazine rings is 1. The number of anilines is 1. The Kier molecular flexibility index (Phi) is 3.28. The number of fused-ring (bicyclic) bond motifs is 1. The van der Waals surface area contributed by atoms with E-state index in [1.807, 2.05) is 13.8 Å². The highest BCUT2D eigenvalue weighted by molar-refractivity contribution is 5.68. The lowest BCUT2D eigenvalue weighted by Crippen LogP contribution is -2.44. The lowest BCUT2D eigenvalue weighted by Gasteiger charge is -2.34. The lowest BCUT2D eigenvalue weighted by molar-refractivity contribution is -0.384. The van der Waals surface area contributed by atoms with E-state index in [9.17, 15) is 10.1 Å². The molecular weight excluding hydrogens is 270 g/mol. The van der Waals surface area contributed by atoms with Crippen molar-refractivity contribution in [2.24, 2.45) is 0 Å². The van der Waals surface area contributed by atoms with Crippen molar-refractivity contribution in [1.29, 1.82) is 0 Å². The van der Waals surface area contributed by atoms with Crippen molar-refractivity contribution in [2.45, 2.75) is 25.9 Å². The molecule has 0 spiro atoms. The Morgan fingerprint density at radius 1 is 1.24 bits per heavy atom. The van der Waals surface area contributed by atoms with Crippen LogP contribution in [0, 0.1) is 10.1 Å². The third kappa shape index (κ3) is 2.68. The fraction of sp³-hybridized carbons (Fsp3) is 0.600. The quantitative estimate of drug-likeness (QED) is 0.616. The molecule has 1 fully saturated rings. The maximum absolute atomic E-state index is 11.2. The van der Waals surface area contributed by atoms with Crippen molar-refractivity contribution in [3.8, 4) is 5.75 Å². The third-order valence-electron chi connectivity index (χ3n) is 4.18. The summed E-state index contributed by atoms with van der Waals surface area (Å²) in [6, 6.07) is 3.31. The predicted octanol–water partition coefficient (Wildman–Crippen LogP) is 2.06. The average molecular weight is 291 g/mol. The Morgan fingerprint density at radius 2 is 1.90 bits per heavy atom. The zero-order chi connectivity index (χ0) is 15.2. The molecule has 6 heteroatoms. The van der Waals surface area contributed by atoms with Gasteiger partial charge in [0.05, 0.1) is 10.6 Å². The highest BCUT2D eigenvalue weighted by atomic mass is 16.6. The summed E-state index contributed by atoms with van der Waals surface area (Å²) in [5.74, 6) is 0.829. The van der Waals surface area contributed by atoms with Gasteiger partial charge < -0.3 is 14.5 Å². The number of nitro benzene ring substituents is 1. The zero-order valence-electron chi connectivity index (χ0n) is 12.8. The van der Waals surface area contributed by atoms with E-state index >= 15 is 0 Å². The SMILES string of the molecule is CN1CCN(c2cc([N+](=O)[O-])cc3c2OC(C)(C)C3)CC1. The van der Waals surface area contributed by atoms with E-state index < -0.39 is 0 Å². The maximum Gasteiger partial charge on any atom is 0.272 e. The topological polar surface area (TPSA) is 58.9 Å². The van der Waals surface area contributed by atoms with Gasteiger partial charge in [-0.05, 0) is 20.9 Å². The van der Waals surface area contributed by atoms with Crippen LogP contribution in [-0.4, -0.2) is 48.7 Å². The summed E-state index contributed by atoms with van der Waals surface area (Å²) < 4.78 is 6.06. The van der Waals surface area contributed by atoms with Crippen LogP contribution in [0.2, 0.25) is 0 Å². The second-order valence-electron chi connectivity index (χ2n) is 6.54. The van der Waals surface area contributed by atoms with E-state index in [4.69, 9.17) is 4.74 Å². The second kappa shape index (κ2) is 4.87. The van der Waals surface area contributed by atoms with Gasteiger partial charge in [0.15, 0.2) is 0 Å². The molecule has 0 saturated carbocycles. The Bertz CT molecular complexity index is 578. The van der Waals surface area contributed by atoms with Gasteiger partial charge in [-0.2, -0.15) is 0 Å². The van der Waals surface area contributed by atoms with Crippen LogP contribution in [0.4, 0.5) is 11.4 Å². The van der Waals surface area contributed by atoms with Crippen molar-refractivity contribution >= 4 is 11.4 Å². The second-order valence-corrected chi connectivity index (χ2v) is 6.54. The molecule has 0 amide bonds. The summed E-state index contributed by atoms with van der Waals surface area (Å²) in [6.07, 6.45) is 0.713. The van der Waals surface area contributed by atoms with Gasteiger partial charge in [-0.3, -0.25) is 10.1 Å². The Balaban J connectivity index is 2.01. The molecule has 0 unspecified atom stereocenters. The van der Waals surface area contributed by atoms with Crippen LogP contribution in [0.5, 0.6) is 5.75 Å². The van der Waals surface area contributed by atoms with Gasteiger partial charge in [0, 0.05) is 50.3 Å². The van der Waals surface area contributed by atoms with Crippen molar-refractivity contribution < 1.29 is 9.66 Å². The van der Waals surface area contributed by atoms with Crippen LogP contribution >= 0.6 is 0 Å². The molecule has 6 nitrogen and oxygen atoms in total. The first-order valence-electron chi connectivity index (χ1n) is 7.29. The smallest absolute Gasteiger partial charge is 0.272 e. The summed E-state index contributed by atoms with van der Waals surface area (Å²) in [5, 5.41) is 11.2. The van der Waals surface area contributed by atoms with Crippen molar-refractivity contribution in [3.63, 3.8) is 0 Å². The monoisotopic (exact) mass is 291 g/mol. The third-order valence-corrected chi connectivity index (χ3v) is 4.18. The number of nitro groups is 1. The summed E-state index contributed by atoms with van der Waals surface area (Å²) in [4.78, 5) is 15.3. The normalized spacial score (nSPS) is 21.0. The van der Waals surface area contributed by atoms with Crippen LogP contribution < -0.4 is 9.64 Å². The van der Waals surface area contributed by atoms with Gasteiger partial charge in [-0.15, -0.1) is 0 Å². The summed E-state index contributed by atoms with van der Waals surface area (Å²) in [5.41, 5.74) is 1.68. The highest BCUT2D eigenvalue weighted by Gasteiger charge is 2.35. The predicted molar refractivity (Wildman–Crippen MR) is 81.2 cm³/mol. The van der Waals surface area contributed by atoms with Gasteiger partial charge in [0.25, 0.3) is 5.69 Å². The molecular formula is C15H21N3O3. The summed E-state index contributed by atoms with van der Waals surface area (Å²) in [7, 11) is 2.09. The molecule has 0 N–H and O–H groups in total. The summed E-state index contributed by atoms with van der Waals surface area (Å²) >= 11 is 0. The molecule has 3 rings (SSSR count).